The van der Waals surface area contributed by atoms with Crippen LogP contribution in [0.2, 0.25) is 0 Å². The van der Waals surface area contributed by atoms with Gasteiger partial charge in [-0.3, -0.25) is 4.79 Å². The van der Waals surface area contributed by atoms with Crippen LogP contribution in [0.25, 0.3) is 0 Å². The van der Waals surface area contributed by atoms with Gasteiger partial charge in [-0.15, -0.1) is 0 Å². The van der Waals surface area contributed by atoms with E-state index in [0.717, 1.165) is 25.7 Å². The highest BCUT2D eigenvalue weighted by Crippen LogP contribution is 2.14. The average molecular weight is 385 g/mol. The lowest BCUT2D eigenvalue weighted by Gasteiger charge is -2.19. The number of carbonyl (C=O) groups excluding carboxylic acids is 1. The van der Waals surface area contributed by atoms with Gasteiger partial charge >= 0.3 is 5.97 Å². The molecule has 0 aliphatic rings. The fourth-order valence-electron chi connectivity index (χ4n) is 3.55. The first-order valence-electron chi connectivity index (χ1n) is 12.0. The Bertz CT molecular complexity index is 315. The Hall–Kier alpha value is -0.570. The van der Waals surface area contributed by atoms with Crippen molar-refractivity contribution < 1.29 is 14.6 Å². The van der Waals surface area contributed by atoms with E-state index in [1.807, 2.05) is 6.92 Å². The molecule has 162 valence electrons. The maximum absolute atomic E-state index is 11.8. The molecular formula is C24H48O3. The summed E-state index contributed by atoms with van der Waals surface area (Å²) in [5, 5.41) is 9.62. The van der Waals surface area contributed by atoms with E-state index in [4.69, 9.17) is 4.74 Å². The summed E-state index contributed by atoms with van der Waals surface area (Å²) in [6.07, 6.45) is 21.1. The topological polar surface area (TPSA) is 46.5 Å². The molecule has 3 heteroatoms. The van der Waals surface area contributed by atoms with E-state index in [-0.39, 0.29) is 12.1 Å². The van der Waals surface area contributed by atoms with Gasteiger partial charge in [0.1, 0.15) is 6.10 Å². The normalized spacial score (nSPS) is 13.5. The predicted molar refractivity (Wildman–Crippen MR) is 116 cm³/mol. The number of aliphatic hydroxyl groups excluding tert-OH is 1. The van der Waals surface area contributed by atoms with Gasteiger partial charge in [-0.25, -0.2) is 0 Å². The number of rotatable bonds is 20. The first kappa shape index (κ1) is 26.4. The summed E-state index contributed by atoms with van der Waals surface area (Å²) in [5.74, 6) is -0.149. The number of carbonyl (C=O) groups is 1. The summed E-state index contributed by atoms with van der Waals surface area (Å²) >= 11 is 0. The van der Waals surface area contributed by atoms with Crippen LogP contribution in [0, 0.1) is 0 Å². The van der Waals surface area contributed by atoms with E-state index in [0.29, 0.717) is 6.42 Å². The monoisotopic (exact) mass is 384 g/mol. The zero-order valence-electron chi connectivity index (χ0n) is 18.6. The number of aliphatic hydroxyl groups is 1. The summed E-state index contributed by atoms with van der Waals surface area (Å²) in [7, 11) is 0. The molecule has 0 heterocycles. The van der Waals surface area contributed by atoms with Crippen LogP contribution in [-0.4, -0.2) is 23.3 Å². The van der Waals surface area contributed by atoms with E-state index >= 15 is 0 Å². The van der Waals surface area contributed by atoms with Crippen LogP contribution in [0.1, 0.15) is 136 Å². The Kier molecular flexibility index (Phi) is 19.7. The van der Waals surface area contributed by atoms with Gasteiger partial charge in [0.15, 0.2) is 0 Å². The van der Waals surface area contributed by atoms with Crippen molar-refractivity contribution >= 4 is 5.97 Å². The van der Waals surface area contributed by atoms with Crippen molar-refractivity contribution in [2.75, 3.05) is 0 Å². The number of unbranched alkanes of at least 4 members (excludes halogenated alkanes) is 14. The Labute approximate surface area is 169 Å². The third-order valence-corrected chi connectivity index (χ3v) is 5.38. The van der Waals surface area contributed by atoms with Gasteiger partial charge in [-0.2, -0.15) is 0 Å². The molecule has 0 rings (SSSR count). The molecule has 0 aromatic carbocycles. The summed E-state index contributed by atoms with van der Waals surface area (Å²) in [6, 6.07) is 0. The fourth-order valence-corrected chi connectivity index (χ4v) is 3.55. The summed E-state index contributed by atoms with van der Waals surface area (Å²) in [4.78, 5) is 11.8. The van der Waals surface area contributed by atoms with Gasteiger partial charge < -0.3 is 9.84 Å². The van der Waals surface area contributed by atoms with E-state index in [1.54, 1.807) is 6.92 Å². The largest absolute Gasteiger partial charge is 0.460 e. The average Bonchev–Trinajstić information content (AvgIpc) is 2.64. The molecule has 1 N–H and O–H groups in total. The maximum Gasteiger partial charge on any atom is 0.306 e. The van der Waals surface area contributed by atoms with Crippen LogP contribution in [-0.2, 0) is 9.53 Å². The van der Waals surface area contributed by atoms with Crippen molar-refractivity contribution in [3.05, 3.63) is 0 Å². The Morgan fingerprint density at radius 2 is 1.11 bits per heavy atom. The Morgan fingerprint density at radius 1 is 0.704 bits per heavy atom. The zero-order valence-corrected chi connectivity index (χ0v) is 18.6. The molecule has 2 atom stereocenters. The molecule has 27 heavy (non-hydrogen) atoms. The molecule has 0 saturated carbocycles. The van der Waals surface area contributed by atoms with E-state index in [2.05, 4.69) is 6.92 Å². The predicted octanol–water partition coefficient (Wildman–Crippen LogP) is 7.34. The summed E-state index contributed by atoms with van der Waals surface area (Å²) < 4.78 is 5.38. The van der Waals surface area contributed by atoms with Crippen molar-refractivity contribution in [2.45, 2.75) is 149 Å². The molecule has 0 saturated heterocycles. The summed E-state index contributed by atoms with van der Waals surface area (Å²) in [5.41, 5.74) is 0. The quantitative estimate of drug-likeness (QED) is 0.176. The van der Waals surface area contributed by atoms with Gasteiger partial charge in [-0.1, -0.05) is 110 Å². The Balaban J connectivity index is 3.31. The van der Waals surface area contributed by atoms with Crippen LogP contribution in [0.15, 0.2) is 0 Å². The van der Waals surface area contributed by atoms with Crippen LogP contribution in [0.5, 0.6) is 0 Å². The highest BCUT2D eigenvalue weighted by atomic mass is 16.6. The van der Waals surface area contributed by atoms with Crippen LogP contribution >= 0.6 is 0 Å². The lowest BCUT2D eigenvalue weighted by molar-refractivity contribution is -0.155. The molecule has 3 nitrogen and oxygen atoms in total. The molecule has 0 bridgehead atoms. The minimum Gasteiger partial charge on any atom is -0.460 e. The van der Waals surface area contributed by atoms with Crippen LogP contribution in [0.4, 0.5) is 0 Å². The van der Waals surface area contributed by atoms with E-state index < -0.39 is 6.10 Å². The van der Waals surface area contributed by atoms with E-state index in [9.17, 15) is 9.90 Å². The van der Waals surface area contributed by atoms with Gasteiger partial charge in [0, 0.05) is 6.42 Å². The minimum absolute atomic E-state index is 0.149. The SMILES string of the molecule is CCCCCCCCCCCCCCCCCC(=O)OC(CCC)C(C)O. The third kappa shape index (κ3) is 18.6. The molecule has 0 aliphatic heterocycles. The molecular weight excluding hydrogens is 336 g/mol. The lowest BCUT2D eigenvalue weighted by Crippen LogP contribution is -2.28. The highest BCUT2D eigenvalue weighted by molar-refractivity contribution is 5.69. The van der Waals surface area contributed by atoms with Crippen LogP contribution in [0.3, 0.4) is 0 Å². The molecule has 0 fully saturated rings. The number of esters is 1. The second-order valence-corrected chi connectivity index (χ2v) is 8.26. The third-order valence-electron chi connectivity index (χ3n) is 5.38. The second-order valence-electron chi connectivity index (χ2n) is 8.26. The molecule has 0 aliphatic carbocycles. The summed E-state index contributed by atoms with van der Waals surface area (Å²) in [6.45, 7) is 6.01. The van der Waals surface area contributed by atoms with Crippen LogP contribution < -0.4 is 0 Å². The molecule has 2 unspecified atom stereocenters. The molecule has 0 aromatic heterocycles. The standard InChI is InChI=1S/C24H48O3/c1-4-6-7-8-9-10-11-12-13-14-15-16-17-18-19-21-24(26)27-23(20-5-2)22(3)25/h22-23,25H,4-21H2,1-3H3. The molecule has 0 amide bonds. The second kappa shape index (κ2) is 20.2. The minimum atomic E-state index is -0.574. The molecule has 0 radical (unpaired) electrons. The van der Waals surface area contributed by atoms with Crippen molar-refractivity contribution in [3.8, 4) is 0 Å². The Morgan fingerprint density at radius 3 is 1.48 bits per heavy atom. The highest BCUT2D eigenvalue weighted by Gasteiger charge is 2.18. The lowest BCUT2D eigenvalue weighted by atomic mass is 10.0. The van der Waals surface area contributed by atoms with Crippen molar-refractivity contribution in [1.29, 1.82) is 0 Å². The van der Waals surface area contributed by atoms with Crippen molar-refractivity contribution in [2.24, 2.45) is 0 Å². The number of ether oxygens (including phenoxy) is 1. The fraction of sp³-hybridized carbons (Fsp3) is 0.958. The van der Waals surface area contributed by atoms with Crippen molar-refractivity contribution in [3.63, 3.8) is 0 Å². The first-order valence-corrected chi connectivity index (χ1v) is 12.0. The number of hydrogen-bond donors (Lipinski definition) is 1. The van der Waals surface area contributed by atoms with E-state index in [1.165, 1.54) is 83.5 Å². The number of hydrogen-bond acceptors (Lipinski definition) is 3. The van der Waals surface area contributed by atoms with Gasteiger partial charge in [0.25, 0.3) is 0 Å². The first-order chi connectivity index (χ1) is 13.1. The molecule has 0 aromatic rings. The zero-order chi connectivity index (χ0) is 20.2. The van der Waals surface area contributed by atoms with Gasteiger partial charge in [0.05, 0.1) is 6.10 Å². The van der Waals surface area contributed by atoms with Gasteiger partial charge in [-0.05, 0) is 19.8 Å². The maximum atomic E-state index is 11.8. The molecule has 0 spiro atoms. The smallest absolute Gasteiger partial charge is 0.306 e. The van der Waals surface area contributed by atoms with Crippen molar-refractivity contribution in [1.82, 2.24) is 0 Å². The van der Waals surface area contributed by atoms with Gasteiger partial charge in [0.2, 0.25) is 0 Å².